The predicted octanol–water partition coefficient (Wildman–Crippen LogP) is 5.43. The van der Waals surface area contributed by atoms with Crippen LogP contribution in [0.1, 0.15) is 103 Å². The topological polar surface area (TPSA) is 231 Å². The maximum atomic E-state index is 15.3. The van der Waals surface area contributed by atoms with E-state index in [9.17, 15) is 39.0 Å². The van der Waals surface area contributed by atoms with Gasteiger partial charge < -0.3 is 48.9 Å². The van der Waals surface area contributed by atoms with Gasteiger partial charge in [0.25, 0.3) is 5.91 Å². The molecule has 2 aromatic carbocycles. The van der Waals surface area contributed by atoms with E-state index < -0.39 is 113 Å². The van der Waals surface area contributed by atoms with Gasteiger partial charge in [-0.3, -0.25) is 19.2 Å². The summed E-state index contributed by atoms with van der Waals surface area (Å²) < 4.78 is 35.2. The Hall–Kier alpha value is -6.17. The number of aliphatic hydroxyl groups is 2. The first-order valence-corrected chi connectivity index (χ1v) is 22.6. The molecular weight excluding hydrogens is 881 g/mol. The van der Waals surface area contributed by atoms with Crippen molar-refractivity contribution in [2.24, 2.45) is 10.8 Å². The van der Waals surface area contributed by atoms with Crippen molar-refractivity contribution >= 4 is 41.7 Å². The van der Waals surface area contributed by atoms with E-state index in [-0.39, 0.29) is 48.3 Å². The van der Waals surface area contributed by atoms with Crippen LogP contribution in [0.3, 0.4) is 0 Å². The van der Waals surface area contributed by atoms with Crippen LogP contribution in [0.4, 0.5) is 4.79 Å². The van der Waals surface area contributed by atoms with Crippen LogP contribution in [0, 0.1) is 10.8 Å². The second-order valence-electron chi connectivity index (χ2n) is 18.6. The summed E-state index contributed by atoms with van der Waals surface area (Å²) >= 11 is 0. The van der Waals surface area contributed by atoms with E-state index in [2.05, 4.69) is 11.9 Å². The summed E-state index contributed by atoms with van der Waals surface area (Å²) in [5.74, 6) is -5.07. The van der Waals surface area contributed by atoms with E-state index in [1.165, 1.54) is 50.9 Å². The molecule has 2 aliphatic carbocycles. The van der Waals surface area contributed by atoms with Crippen molar-refractivity contribution in [2.45, 2.75) is 129 Å². The second kappa shape index (κ2) is 21.4. The molecule has 17 nitrogen and oxygen atoms in total. The van der Waals surface area contributed by atoms with Crippen molar-refractivity contribution in [2.75, 3.05) is 26.8 Å². The van der Waals surface area contributed by atoms with E-state index >= 15 is 4.79 Å². The monoisotopic (exact) mass is 944 g/mol. The lowest BCUT2D eigenvalue weighted by atomic mass is 9.56. The smallest absolute Gasteiger partial charge is 0.410 e. The third-order valence-corrected chi connectivity index (χ3v) is 13.4. The molecule has 68 heavy (non-hydrogen) atoms. The van der Waals surface area contributed by atoms with Crippen LogP contribution in [0.5, 0.6) is 0 Å². The van der Waals surface area contributed by atoms with E-state index in [0.717, 1.165) is 6.92 Å². The van der Waals surface area contributed by atoms with Gasteiger partial charge >= 0.3 is 30.0 Å². The van der Waals surface area contributed by atoms with Gasteiger partial charge in [0.1, 0.15) is 30.5 Å². The largest absolute Gasteiger partial charge is 0.459 e. The van der Waals surface area contributed by atoms with Crippen molar-refractivity contribution in [3.05, 3.63) is 107 Å². The Labute approximate surface area is 396 Å². The molecule has 368 valence electrons. The number of allylic oxidation sites excluding steroid dienone is 1. The normalized spacial score (nSPS) is 26.4. The summed E-state index contributed by atoms with van der Waals surface area (Å²) in [7, 11) is 1.47. The molecule has 1 saturated carbocycles. The maximum absolute atomic E-state index is 15.3. The van der Waals surface area contributed by atoms with Crippen LogP contribution >= 0.6 is 0 Å². The van der Waals surface area contributed by atoms with E-state index in [4.69, 9.17) is 28.4 Å². The summed E-state index contributed by atoms with van der Waals surface area (Å²) in [4.78, 5) is 97.8. The molecule has 9 atom stereocenters. The number of aliphatic hydroxyl groups excluding tert-OH is 1. The van der Waals surface area contributed by atoms with E-state index in [0.29, 0.717) is 12.0 Å². The number of Topliss-reactive ketones (excluding diaryl/α,β-unsaturated/α-hetero) is 1. The lowest BCUT2D eigenvalue weighted by molar-refractivity contribution is -0.291. The fourth-order valence-electron chi connectivity index (χ4n) is 9.38. The molecule has 0 radical (unpaired) electrons. The van der Waals surface area contributed by atoms with Crippen LogP contribution in [-0.4, -0.2) is 125 Å². The zero-order valence-electron chi connectivity index (χ0n) is 40.2. The molecule has 0 spiro atoms. The van der Waals surface area contributed by atoms with Crippen molar-refractivity contribution in [3.8, 4) is 0 Å². The molecule has 0 bridgehead atoms. The Balaban J connectivity index is 1.67. The van der Waals surface area contributed by atoms with Gasteiger partial charge in [0.2, 0.25) is 6.10 Å². The molecule has 1 aliphatic heterocycles. The Morgan fingerprint density at radius 2 is 1.60 bits per heavy atom. The molecule has 3 aliphatic rings. The number of ketones is 1. The highest BCUT2D eigenvalue weighted by Gasteiger charge is 2.66. The summed E-state index contributed by atoms with van der Waals surface area (Å²) in [6.45, 7) is 15.2. The number of ether oxygens (including phenoxy) is 6. The third kappa shape index (κ3) is 11.1. The van der Waals surface area contributed by atoms with Gasteiger partial charge in [0.15, 0.2) is 17.5 Å². The molecule has 1 heterocycles. The number of amides is 2. The quantitative estimate of drug-likeness (QED) is 0.0556. The zero-order chi connectivity index (χ0) is 50.4. The Morgan fingerprint density at radius 1 is 0.971 bits per heavy atom. The van der Waals surface area contributed by atoms with Crippen molar-refractivity contribution < 1.29 is 72.2 Å². The Bertz CT molecular complexity index is 2310. The molecule has 5 rings (SSSR count). The number of nitrogens with one attached hydrogen (secondary N) is 1. The summed E-state index contributed by atoms with van der Waals surface area (Å²) in [5, 5.41) is 27.4. The van der Waals surface area contributed by atoms with Crippen molar-refractivity contribution in [1.29, 1.82) is 0 Å². The first-order chi connectivity index (χ1) is 31.9. The zero-order valence-corrected chi connectivity index (χ0v) is 40.2. The maximum Gasteiger partial charge on any atom is 0.410 e. The number of fused-ring (bicyclic) bond motifs is 1. The van der Waals surface area contributed by atoms with Gasteiger partial charge in [-0.2, -0.15) is 0 Å². The molecule has 3 N–H and O–H groups in total. The number of hydrogen-bond donors (Lipinski definition) is 3. The van der Waals surface area contributed by atoms with Crippen molar-refractivity contribution in [1.82, 2.24) is 10.2 Å². The van der Waals surface area contributed by atoms with Gasteiger partial charge in [-0.05, 0) is 56.0 Å². The van der Waals surface area contributed by atoms with Gasteiger partial charge in [-0.15, -0.1) is 0 Å². The lowest BCUT2D eigenvalue weighted by Crippen LogP contribution is -2.70. The molecule has 2 amide bonds. The predicted molar refractivity (Wildman–Crippen MR) is 245 cm³/mol. The standard InChI is InChI=1S/C51H64N2O15/c1-11-19-30(3)44(58)52-40(34-20-15-13-16-21-34)42(67-47(61)53(10)24-12-2)46(60)66-36-26-51(62,29-64-45(59)35-22-17-14-18-23-35)48(7,8)39(31(36)4)41(65-32(5)54)43(57)49(9)27-50(68-33(6)55)28-63-38(50)25-37(49)56/h11,13-23,36-38,40-42,56,62H,3,12,24-29H2,1-2,4-10H3,(H,52,58)/b19-11-/t36-,37-,38+,40-,41+,42+,49-,50-,51+/m0/s1. The Kier molecular flexibility index (Phi) is 16.6. The number of nitrogens with zero attached hydrogens (tertiary/aromatic N) is 1. The van der Waals surface area contributed by atoms with Gasteiger partial charge in [-0.1, -0.05) is 88.0 Å². The number of benzene rings is 2. The highest BCUT2D eigenvalue weighted by Crippen LogP contribution is 2.55. The van der Waals surface area contributed by atoms with Gasteiger partial charge in [0, 0.05) is 57.7 Å². The van der Waals surface area contributed by atoms with E-state index in [1.807, 2.05) is 6.92 Å². The first kappa shape index (κ1) is 52.8. The van der Waals surface area contributed by atoms with E-state index in [1.54, 1.807) is 75.4 Å². The van der Waals surface area contributed by atoms with Crippen LogP contribution in [-0.2, 0) is 52.4 Å². The minimum atomic E-state index is -2.21. The fraction of sp³-hybridized carbons (Fsp3) is 0.510. The van der Waals surface area contributed by atoms with Crippen molar-refractivity contribution in [3.63, 3.8) is 0 Å². The molecule has 0 aromatic heterocycles. The number of carbonyl (C=O) groups is 7. The highest BCUT2D eigenvalue weighted by atomic mass is 16.6. The lowest BCUT2D eigenvalue weighted by Gasteiger charge is -2.57. The second-order valence-corrected chi connectivity index (χ2v) is 18.6. The minimum absolute atomic E-state index is 0.0279. The molecule has 1 saturated heterocycles. The van der Waals surface area contributed by atoms with Crippen LogP contribution < -0.4 is 5.32 Å². The summed E-state index contributed by atoms with van der Waals surface area (Å²) in [6, 6.07) is 14.8. The average Bonchev–Trinajstić information content (AvgIpc) is 3.28. The van der Waals surface area contributed by atoms with Crippen LogP contribution in [0.2, 0.25) is 0 Å². The number of hydrogen-bond acceptors (Lipinski definition) is 15. The minimum Gasteiger partial charge on any atom is -0.459 e. The first-order valence-electron chi connectivity index (χ1n) is 22.6. The number of esters is 4. The van der Waals surface area contributed by atoms with Gasteiger partial charge in [-0.25, -0.2) is 14.4 Å². The highest BCUT2D eigenvalue weighted by molar-refractivity contribution is 5.96. The summed E-state index contributed by atoms with van der Waals surface area (Å²) in [5.41, 5.74) is -6.29. The fourth-order valence-corrected chi connectivity index (χ4v) is 9.38. The SMILES string of the molecule is C=C(/C=C\C)C(=O)N[C@@H](c1ccccc1)[C@@H](OC(=O)N(C)CCC)C(=O)O[C@H]1C[C@@](O)(COC(=O)c2ccccc2)C(C)(C)C([C@@H](OC(C)=O)C(=O)[C@@]2(C)C[C@]3(OC(C)=O)CO[C@@H]3C[C@@H]2O)=C1C. The molecular formula is C51H64N2O15. The molecule has 17 heteroatoms. The molecule has 0 unspecified atom stereocenters. The van der Waals surface area contributed by atoms with Crippen LogP contribution in [0.25, 0.3) is 0 Å². The molecule has 2 fully saturated rings. The third-order valence-electron chi connectivity index (χ3n) is 13.4. The Morgan fingerprint density at radius 3 is 2.16 bits per heavy atom. The molecule has 2 aromatic rings. The number of rotatable bonds is 18. The average molecular weight is 945 g/mol. The number of carbonyl (C=O) groups excluding carboxylic acids is 7. The van der Waals surface area contributed by atoms with Gasteiger partial charge in [0.05, 0.1) is 23.7 Å². The van der Waals surface area contributed by atoms with Crippen LogP contribution in [0.15, 0.2) is 96.1 Å². The summed E-state index contributed by atoms with van der Waals surface area (Å²) in [6.07, 6.45) is -5.55.